The number of nitrogens with zero attached hydrogens (tertiary/aromatic N) is 1. The van der Waals surface area contributed by atoms with Crippen LogP contribution < -0.4 is 5.32 Å². The van der Waals surface area contributed by atoms with Gasteiger partial charge in [-0.15, -0.1) is 0 Å². The maximum absolute atomic E-state index is 9.10. The van der Waals surface area contributed by atoms with Crippen LogP contribution in [0.1, 0.15) is 12.8 Å². The van der Waals surface area contributed by atoms with Crippen molar-refractivity contribution in [2.75, 3.05) is 33.2 Å². The van der Waals surface area contributed by atoms with Gasteiger partial charge in [0.25, 0.3) is 0 Å². The lowest BCUT2D eigenvalue weighted by Crippen LogP contribution is -2.27. The maximum Gasteiger partial charge on any atom is 0.414 e. The zero-order valence-corrected chi connectivity index (χ0v) is 9.40. The third-order valence-corrected chi connectivity index (χ3v) is 3.14. The van der Waals surface area contributed by atoms with Crippen molar-refractivity contribution in [3.8, 4) is 0 Å². The summed E-state index contributed by atoms with van der Waals surface area (Å²) in [4.78, 5) is 20.7. The van der Waals surface area contributed by atoms with E-state index in [1.165, 1.54) is 39.0 Å². The number of likely N-dealkylation sites (tertiary alicyclic amines) is 1. The van der Waals surface area contributed by atoms with E-state index < -0.39 is 11.9 Å². The van der Waals surface area contributed by atoms with E-state index in [4.69, 9.17) is 19.8 Å². The molecule has 3 N–H and O–H groups in total. The third kappa shape index (κ3) is 3.46. The van der Waals surface area contributed by atoms with Crippen molar-refractivity contribution in [2.24, 2.45) is 5.41 Å². The van der Waals surface area contributed by atoms with Gasteiger partial charge in [-0.1, -0.05) is 0 Å². The second kappa shape index (κ2) is 5.27. The molecule has 1 unspecified atom stereocenters. The summed E-state index contributed by atoms with van der Waals surface area (Å²) in [5.74, 6) is -3.65. The van der Waals surface area contributed by atoms with Gasteiger partial charge in [0, 0.05) is 13.1 Å². The Kier molecular flexibility index (Phi) is 4.26. The first-order valence-corrected chi connectivity index (χ1v) is 5.31. The molecule has 1 spiro atoms. The predicted octanol–water partition coefficient (Wildman–Crippen LogP) is -0.543. The topological polar surface area (TPSA) is 89.9 Å². The number of carbonyl (C=O) groups is 2. The Morgan fingerprint density at radius 1 is 1.25 bits per heavy atom. The van der Waals surface area contributed by atoms with Gasteiger partial charge in [0.05, 0.1) is 0 Å². The van der Waals surface area contributed by atoms with Gasteiger partial charge in [0.1, 0.15) is 0 Å². The SMILES string of the molecule is CN1CCC2(CCNC2)C1.O=C(O)C(=O)O. The minimum absolute atomic E-state index is 0.675. The smallest absolute Gasteiger partial charge is 0.414 e. The van der Waals surface area contributed by atoms with Gasteiger partial charge in [0.15, 0.2) is 0 Å². The molecule has 0 radical (unpaired) electrons. The standard InChI is InChI=1S/C8H16N2.C2H2O4/c1-10-5-3-8(7-10)2-4-9-6-8;3-1(4)2(5)6/h9H,2-7H2,1H3;(H,3,4)(H,5,6). The number of hydrogen-bond acceptors (Lipinski definition) is 4. The Morgan fingerprint density at radius 3 is 2.19 bits per heavy atom. The molecule has 0 bridgehead atoms. The van der Waals surface area contributed by atoms with Crippen LogP contribution in [0.4, 0.5) is 0 Å². The molecule has 6 nitrogen and oxygen atoms in total. The number of nitrogens with one attached hydrogen (secondary N) is 1. The molecule has 1 atom stereocenters. The molecule has 92 valence electrons. The maximum atomic E-state index is 9.10. The minimum atomic E-state index is -1.82. The van der Waals surface area contributed by atoms with Crippen molar-refractivity contribution in [1.82, 2.24) is 10.2 Å². The van der Waals surface area contributed by atoms with Gasteiger partial charge in [0.2, 0.25) is 0 Å². The first kappa shape index (κ1) is 12.9. The van der Waals surface area contributed by atoms with E-state index in [-0.39, 0.29) is 0 Å². The Balaban J connectivity index is 0.000000187. The third-order valence-electron chi connectivity index (χ3n) is 3.14. The molecule has 16 heavy (non-hydrogen) atoms. The molecule has 2 fully saturated rings. The van der Waals surface area contributed by atoms with Crippen molar-refractivity contribution in [3.63, 3.8) is 0 Å². The Bertz CT molecular complexity index is 262. The molecule has 2 heterocycles. The summed E-state index contributed by atoms with van der Waals surface area (Å²) < 4.78 is 0. The first-order chi connectivity index (χ1) is 7.45. The molecule has 2 aliphatic rings. The largest absolute Gasteiger partial charge is 0.473 e. The quantitative estimate of drug-likeness (QED) is 0.484. The van der Waals surface area contributed by atoms with Crippen molar-refractivity contribution < 1.29 is 19.8 Å². The van der Waals surface area contributed by atoms with Crippen LogP contribution >= 0.6 is 0 Å². The van der Waals surface area contributed by atoms with E-state index in [2.05, 4.69) is 17.3 Å². The molecule has 0 aliphatic carbocycles. The monoisotopic (exact) mass is 230 g/mol. The van der Waals surface area contributed by atoms with E-state index >= 15 is 0 Å². The summed E-state index contributed by atoms with van der Waals surface area (Å²) >= 11 is 0. The molecule has 0 saturated carbocycles. The molecule has 6 heteroatoms. The lowest BCUT2D eigenvalue weighted by molar-refractivity contribution is -0.159. The highest BCUT2D eigenvalue weighted by molar-refractivity contribution is 6.27. The van der Waals surface area contributed by atoms with Gasteiger partial charge in [-0.3, -0.25) is 0 Å². The van der Waals surface area contributed by atoms with Crippen LogP contribution in [-0.4, -0.2) is 60.3 Å². The van der Waals surface area contributed by atoms with Crippen LogP contribution in [0.15, 0.2) is 0 Å². The highest BCUT2D eigenvalue weighted by Gasteiger charge is 2.38. The second-order valence-corrected chi connectivity index (χ2v) is 4.52. The number of carboxylic acids is 2. The van der Waals surface area contributed by atoms with Crippen molar-refractivity contribution in [2.45, 2.75) is 12.8 Å². The summed E-state index contributed by atoms with van der Waals surface area (Å²) in [6, 6.07) is 0. The fraction of sp³-hybridized carbons (Fsp3) is 0.800. The van der Waals surface area contributed by atoms with E-state index in [1.807, 2.05) is 0 Å². The zero-order chi connectivity index (χ0) is 12.2. The second-order valence-electron chi connectivity index (χ2n) is 4.52. The highest BCUT2D eigenvalue weighted by Crippen LogP contribution is 2.34. The van der Waals surface area contributed by atoms with Gasteiger partial charge in [-0.25, -0.2) is 9.59 Å². The molecule has 0 aromatic heterocycles. The van der Waals surface area contributed by atoms with E-state index in [0.717, 1.165) is 0 Å². The average molecular weight is 230 g/mol. The number of aliphatic carboxylic acids is 2. The molecule has 2 rings (SSSR count). The summed E-state index contributed by atoms with van der Waals surface area (Å²) in [6.45, 7) is 5.13. The zero-order valence-electron chi connectivity index (χ0n) is 9.40. The van der Waals surface area contributed by atoms with Crippen LogP contribution in [0.2, 0.25) is 0 Å². The van der Waals surface area contributed by atoms with Crippen molar-refractivity contribution in [3.05, 3.63) is 0 Å². The van der Waals surface area contributed by atoms with E-state index in [0.29, 0.717) is 5.41 Å². The normalized spacial score (nSPS) is 28.8. The Labute approximate surface area is 94.2 Å². The van der Waals surface area contributed by atoms with Crippen molar-refractivity contribution >= 4 is 11.9 Å². The van der Waals surface area contributed by atoms with Crippen molar-refractivity contribution in [1.29, 1.82) is 0 Å². The van der Waals surface area contributed by atoms with Crippen LogP contribution in [-0.2, 0) is 9.59 Å². The summed E-state index contributed by atoms with van der Waals surface area (Å²) in [5.41, 5.74) is 0.675. The molecule has 0 aromatic carbocycles. The minimum Gasteiger partial charge on any atom is -0.473 e. The molecular weight excluding hydrogens is 212 g/mol. The first-order valence-electron chi connectivity index (χ1n) is 5.31. The molecule has 0 aromatic rings. The highest BCUT2D eigenvalue weighted by atomic mass is 16.4. The van der Waals surface area contributed by atoms with Gasteiger partial charge >= 0.3 is 11.9 Å². The Hall–Kier alpha value is -1.14. The van der Waals surface area contributed by atoms with Gasteiger partial charge < -0.3 is 20.4 Å². The van der Waals surface area contributed by atoms with Crippen LogP contribution in [0.25, 0.3) is 0 Å². The predicted molar refractivity (Wildman–Crippen MR) is 57.3 cm³/mol. The number of rotatable bonds is 0. The molecule has 2 aliphatic heterocycles. The molecule has 2 saturated heterocycles. The van der Waals surface area contributed by atoms with E-state index in [1.54, 1.807) is 0 Å². The fourth-order valence-corrected chi connectivity index (χ4v) is 2.30. The Morgan fingerprint density at radius 2 is 1.88 bits per heavy atom. The fourth-order valence-electron chi connectivity index (χ4n) is 2.30. The number of hydrogen-bond donors (Lipinski definition) is 3. The van der Waals surface area contributed by atoms with Gasteiger partial charge in [-0.2, -0.15) is 0 Å². The summed E-state index contributed by atoms with van der Waals surface area (Å²) in [6.07, 6.45) is 2.81. The summed E-state index contributed by atoms with van der Waals surface area (Å²) in [5, 5.41) is 18.2. The molecule has 0 amide bonds. The van der Waals surface area contributed by atoms with Gasteiger partial charge in [-0.05, 0) is 38.4 Å². The van der Waals surface area contributed by atoms with Crippen LogP contribution in [0, 0.1) is 5.41 Å². The lowest BCUT2D eigenvalue weighted by atomic mass is 9.87. The lowest BCUT2D eigenvalue weighted by Gasteiger charge is -2.20. The van der Waals surface area contributed by atoms with Crippen LogP contribution in [0.3, 0.4) is 0 Å². The van der Waals surface area contributed by atoms with Crippen LogP contribution in [0.5, 0.6) is 0 Å². The van der Waals surface area contributed by atoms with E-state index in [9.17, 15) is 0 Å². The molecular formula is C10H18N2O4. The number of carboxylic acid groups (broad SMARTS) is 2. The average Bonchev–Trinajstić information content (AvgIpc) is 2.79. The summed E-state index contributed by atoms with van der Waals surface area (Å²) in [7, 11) is 2.23.